The predicted octanol–water partition coefficient (Wildman–Crippen LogP) is 3.42. The number of nitrogens with zero attached hydrogens (tertiary/aromatic N) is 2. The zero-order valence-corrected chi connectivity index (χ0v) is 20.3. The number of carbonyl (C=O) groups excluding carboxylic acids is 2. The van der Waals surface area contributed by atoms with Crippen molar-refractivity contribution in [3.63, 3.8) is 0 Å². The van der Waals surface area contributed by atoms with Crippen molar-refractivity contribution in [2.45, 2.75) is 43.7 Å². The van der Waals surface area contributed by atoms with Gasteiger partial charge in [-0.3, -0.25) is 14.6 Å². The third kappa shape index (κ3) is 5.75. The van der Waals surface area contributed by atoms with Crippen LogP contribution < -0.4 is 10.6 Å². The van der Waals surface area contributed by atoms with E-state index in [2.05, 4.69) is 15.6 Å². The zero-order chi connectivity index (χ0) is 24.8. The number of sulfonamides is 1. The first-order valence-corrected chi connectivity index (χ1v) is 13.0. The van der Waals surface area contributed by atoms with Crippen LogP contribution in [0, 0.1) is 0 Å². The number of aromatic nitrogens is 1. The van der Waals surface area contributed by atoms with Crippen LogP contribution in [0.3, 0.4) is 0 Å². The molecule has 1 aliphatic rings. The molecule has 1 atom stereocenters. The van der Waals surface area contributed by atoms with E-state index in [1.165, 1.54) is 16.4 Å². The first kappa shape index (κ1) is 24.6. The Labute approximate surface area is 205 Å². The smallest absolute Gasteiger partial charge is 0.243 e. The summed E-state index contributed by atoms with van der Waals surface area (Å²) >= 11 is 0. The van der Waals surface area contributed by atoms with Crippen molar-refractivity contribution in [1.82, 2.24) is 14.6 Å². The number of hydrogen-bond acceptors (Lipinski definition) is 5. The van der Waals surface area contributed by atoms with E-state index in [-0.39, 0.29) is 36.2 Å². The molecule has 2 heterocycles. The van der Waals surface area contributed by atoms with Gasteiger partial charge in [-0.05, 0) is 53.9 Å². The van der Waals surface area contributed by atoms with Crippen molar-refractivity contribution < 1.29 is 18.0 Å². The summed E-state index contributed by atoms with van der Waals surface area (Å²) in [7, 11) is -3.89. The zero-order valence-electron chi connectivity index (χ0n) is 19.5. The second-order valence-corrected chi connectivity index (χ2v) is 10.2. The topological polar surface area (TPSA) is 108 Å². The van der Waals surface area contributed by atoms with E-state index in [0.717, 1.165) is 16.8 Å². The van der Waals surface area contributed by atoms with E-state index < -0.39 is 16.1 Å². The standard InChI is InChI=1S/C26H28N4O4S/c1-2-25(31)29-20-10-12-22(13-11-20)35(33,34)30-16-14-19-7-3-4-9-23(19)24(30)17-26(32)28-18-21-8-5-6-15-27-21/h3-13,15,24H,2,14,16-18H2,1H3,(H,28,32)(H,29,31). The van der Waals surface area contributed by atoms with Crippen molar-refractivity contribution in [1.29, 1.82) is 0 Å². The Hall–Kier alpha value is -3.56. The highest BCUT2D eigenvalue weighted by atomic mass is 32.2. The number of benzene rings is 2. The highest BCUT2D eigenvalue weighted by Crippen LogP contribution is 2.36. The van der Waals surface area contributed by atoms with Crippen LogP contribution in [-0.4, -0.2) is 36.1 Å². The average molecular weight is 493 g/mol. The summed E-state index contributed by atoms with van der Waals surface area (Å²) in [4.78, 5) is 28.8. The lowest BCUT2D eigenvalue weighted by molar-refractivity contribution is -0.122. The normalized spacial score (nSPS) is 15.7. The minimum Gasteiger partial charge on any atom is -0.350 e. The van der Waals surface area contributed by atoms with Crippen LogP contribution in [0.15, 0.2) is 77.8 Å². The number of carbonyl (C=O) groups is 2. The number of hydrogen-bond donors (Lipinski definition) is 2. The van der Waals surface area contributed by atoms with Crippen molar-refractivity contribution in [3.05, 3.63) is 89.7 Å². The van der Waals surface area contributed by atoms with Crippen LogP contribution in [0.4, 0.5) is 5.69 Å². The molecule has 182 valence electrons. The number of amides is 2. The molecule has 0 saturated carbocycles. The molecule has 1 unspecified atom stereocenters. The van der Waals surface area contributed by atoms with Gasteiger partial charge in [0.05, 0.1) is 23.2 Å². The van der Waals surface area contributed by atoms with Gasteiger partial charge in [0.15, 0.2) is 0 Å². The van der Waals surface area contributed by atoms with E-state index >= 15 is 0 Å². The average Bonchev–Trinajstić information content (AvgIpc) is 2.88. The van der Waals surface area contributed by atoms with Gasteiger partial charge in [0.25, 0.3) is 0 Å². The molecular weight excluding hydrogens is 464 g/mol. The van der Waals surface area contributed by atoms with Crippen molar-refractivity contribution in [2.24, 2.45) is 0 Å². The minimum absolute atomic E-state index is 0.00623. The van der Waals surface area contributed by atoms with Gasteiger partial charge in [0, 0.05) is 31.3 Å². The Morgan fingerprint density at radius 1 is 1.00 bits per heavy atom. The third-order valence-electron chi connectivity index (χ3n) is 6.00. The summed E-state index contributed by atoms with van der Waals surface area (Å²) in [6.45, 7) is 2.28. The first-order valence-electron chi connectivity index (χ1n) is 11.5. The quantitative estimate of drug-likeness (QED) is 0.501. The number of anilines is 1. The number of nitrogens with one attached hydrogen (secondary N) is 2. The SMILES string of the molecule is CCC(=O)Nc1ccc(S(=O)(=O)N2CCc3ccccc3C2CC(=O)NCc2ccccn2)cc1. The lowest BCUT2D eigenvalue weighted by Gasteiger charge is -2.36. The second kappa shape index (κ2) is 10.8. The fraction of sp³-hybridized carbons (Fsp3) is 0.269. The molecule has 35 heavy (non-hydrogen) atoms. The molecule has 2 amide bonds. The Balaban J connectivity index is 1.57. The summed E-state index contributed by atoms with van der Waals surface area (Å²) < 4.78 is 28.7. The highest BCUT2D eigenvalue weighted by Gasteiger charge is 2.37. The lowest BCUT2D eigenvalue weighted by Crippen LogP contribution is -2.42. The van der Waals surface area contributed by atoms with Gasteiger partial charge in [-0.25, -0.2) is 8.42 Å². The van der Waals surface area contributed by atoms with Crippen LogP contribution in [0.1, 0.15) is 42.6 Å². The van der Waals surface area contributed by atoms with Gasteiger partial charge in [0.1, 0.15) is 0 Å². The van der Waals surface area contributed by atoms with Gasteiger partial charge in [-0.1, -0.05) is 37.3 Å². The summed E-state index contributed by atoms with van der Waals surface area (Å²) in [6, 6.07) is 18.6. The maximum atomic E-state index is 13.7. The summed E-state index contributed by atoms with van der Waals surface area (Å²) in [6.07, 6.45) is 2.54. The third-order valence-corrected chi connectivity index (χ3v) is 7.92. The van der Waals surface area contributed by atoms with Gasteiger partial charge in [-0.2, -0.15) is 4.31 Å². The first-order chi connectivity index (χ1) is 16.9. The predicted molar refractivity (Wildman–Crippen MR) is 133 cm³/mol. The minimum atomic E-state index is -3.89. The van der Waals surface area contributed by atoms with Crippen LogP contribution in [0.5, 0.6) is 0 Å². The Morgan fingerprint density at radius 2 is 1.74 bits per heavy atom. The van der Waals surface area contributed by atoms with Crippen LogP contribution >= 0.6 is 0 Å². The number of pyridine rings is 1. The number of fused-ring (bicyclic) bond motifs is 1. The van der Waals surface area contributed by atoms with E-state index in [1.54, 1.807) is 31.3 Å². The van der Waals surface area contributed by atoms with Crippen molar-refractivity contribution in [2.75, 3.05) is 11.9 Å². The fourth-order valence-electron chi connectivity index (χ4n) is 4.16. The molecule has 0 aliphatic carbocycles. The molecule has 3 aromatic rings. The van der Waals surface area contributed by atoms with Gasteiger partial charge in [0.2, 0.25) is 21.8 Å². The molecule has 1 aliphatic heterocycles. The van der Waals surface area contributed by atoms with Crippen LogP contribution in [0.2, 0.25) is 0 Å². The van der Waals surface area contributed by atoms with E-state index in [9.17, 15) is 18.0 Å². The summed E-state index contributed by atoms with van der Waals surface area (Å²) in [5.74, 6) is -0.403. The highest BCUT2D eigenvalue weighted by molar-refractivity contribution is 7.89. The molecule has 8 nitrogen and oxygen atoms in total. The molecule has 0 saturated heterocycles. The van der Waals surface area contributed by atoms with E-state index in [1.807, 2.05) is 36.4 Å². The van der Waals surface area contributed by atoms with Crippen LogP contribution in [0.25, 0.3) is 0 Å². The Morgan fingerprint density at radius 3 is 2.46 bits per heavy atom. The summed E-state index contributed by atoms with van der Waals surface area (Å²) in [5.41, 5.74) is 3.14. The molecule has 0 fully saturated rings. The second-order valence-electron chi connectivity index (χ2n) is 8.31. The van der Waals surface area contributed by atoms with Gasteiger partial charge in [-0.15, -0.1) is 0 Å². The largest absolute Gasteiger partial charge is 0.350 e. The van der Waals surface area contributed by atoms with E-state index in [4.69, 9.17) is 0 Å². The molecule has 4 rings (SSSR count). The van der Waals surface area contributed by atoms with Crippen molar-refractivity contribution >= 4 is 27.5 Å². The molecule has 0 bridgehead atoms. The summed E-state index contributed by atoms with van der Waals surface area (Å²) in [5, 5.41) is 5.58. The lowest BCUT2D eigenvalue weighted by atomic mass is 9.92. The number of rotatable bonds is 8. The van der Waals surface area contributed by atoms with Gasteiger partial charge < -0.3 is 10.6 Å². The Bertz CT molecular complexity index is 1290. The molecule has 0 radical (unpaired) electrons. The molecule has 2 aromatic carbocycles. The molecule has 2 N–H and O–H groups in total. The Kier molecular flexibility index (Phi) is 7.57. The molecule has 9 heteroatoms. The fourth-order valence-corrected chi connectivity index (χ4v) is 5.77. The molecule has 1 aromatic heterocycles. The monoisotopic (exact) mass is 492 g/mol. The molecule has 0 spiro atoms. The maximum Gasteiger partial charge on any atom is 0.243 e. The van der Waals surface area contributed by atoms with Crippen LogP contribution in [-0.2, 0) is 32.6 Å². The van der Waals surface area contributed by atoms with Crippen molar-refractivity contribution in [3.8, 4) is 0 Å². The van der Waals surface area contributed by atoms with E-state index in [0.29, 0.717) is 18.5 Å². The molecular formula is C26H28N4O4S. The van der Waals surface area contributed by atoms with Gasteiger partial charge >= 0.3 is 0 Å². The maximum absolute atomic E-state index is 13.7.